The molecule has 9 nitrogen and oxygen atoms in total. The van der Waals surface area contributed by atoms with E-state index in [1.807, 2.05) is 6.07 Å². The largest absolute Gasteiger partial charge is 0.493 e. The van der Waals surface area contributed by atoms with Crippen molar-refractivity contribution in [1.82, 2.24) is 15.1 Å². The monoisotopic (exact) mass is 413 g/mol. The Labute approximate surface area is 173 Å². The SMILES string of the molecule is COc1ccc(CNC(=O)C(C)OC(=O)c2ccc(Cn3cccn3)o2)cc1OC. The number of benzene rings is 1. The molecule has 3 aromatic rings. The van der Waals surface area contributed by atoms with Crippen LogP contribution in [0.2, 0.25) is 0 Å². The van der Waals surface area contributed by atoms with Gasteiger partial charge in [-0.25, -0.2) is 4.79 Å². The van der Waals surface area contributed by atoms with Gasteiger partial charge in [0.05, 0.1) is 20.8 Å². The van der Waals surface area contributed by atoms with Crippen LogP contribution in [0.1, 0.15) is 28.8 Å². The van der Waals surface area contributed by atoms with Crippen LogP contribution in [-0.4, -0.2) is 42.0 Å². The normalized spacial score (nSPS) is 11.6. The molecule has 3 rings (SSSR count). The number of rotatable bonds is 9. The van der Waals surface area contributed by atoms with E-state index in [-0.39, 0.29) is 12.3 Å². The summed E-state index contributed by atoms with van der Waals surface area (Å²) in [6.45, 7) is 2.13. The molecule has 158 valence electrons. The number of aromatic nitrogens is 2. The molecule has 0 saturated heterocycles. The minimum absolute atomic E-state index is 0.0247. The van der Waals surface area contributed by atoms with Crippen molar-refractivity contribution in [1.29, 1.82) is 0 Å². The molecule has 0 aliphatic heterocycles. The molecule has 2 aromatic heterocycles. The van der Waals surface area contributed by atoms with Gasteiger partial charge in [-0.2, -0.15) is 5.10 Å². The lowest BCUT2D eigenvalue weighted by Crippen LogP contribution is -2.35. The molecule has 0 aliphatic carbocycles. The molecule has 0 fully saturated rings. The maximum absolute atomic E-state index is 12.3. The minimum atomic E-state index is -0.989. The minimum Gasteiger partial charge on any atom is -0.493 e. The molecule has 1 unspecified atom stereocenters. The van der Waals surface area contributed by atoms with Crippen molar-refractivity contribution in [2.75, 3.05) is 14.2 Å². The van der Waals surface area contributed by atoms with Gasteiger partial charge in [-0.05, 0) is 42.8 Å². The van der Waals surface area contributed by atoms with E-state index >= 15 is 0 Å². The molecule has 1 amide bonds. The Bertz CT molecular complexity index is 996. The first-order valence-electron chi connectivity index (χ1n) is 9.26. The summed E-state index contributed by atoms with van der Waals surface area (Å²) < 4.78 is 22.8. The second-order valence-electron chi connectivity index (χ2n) is 6.42. The Morgan fingerprint density at radius 2 is 1.97 bits per heavy atom. The average molecular weight is 413 g/mol. The average Bonchev–Trinajstić information content (AvgIpc) is 3.44. The molecular weight excluding hydrogens is 390 g/mol. The molecule has 2 heterocycles. The lowest BCUT2D eigenvalue weighted by atomic mass is 10.2. The topological polar surface area (TPSA) is 105 Å². The van der Waals surface area contributed by atoms with Crippen molar-refractivity contribution in [3.05, 3.63) is 65.9 Å². The number of methoxy groups -OCH3 is 2. The molecule has 0 saturated carbocycles. The molecular formula is C21H23N3O6. The number of nitrogens with one attached hydrogen (secondary N) is 1. The third-order valence-electron chi connectivity index (χ3n) is 4.31. The zero-order chi connectivity index (χ0) is 21.5. The van der Waals surface area contributed by atoms with E-state index in [0.717, 1.165) is 5.56 Å². The predicted molar refractivity (Wildman–Crippen MR) is 106 cm³/mol. The van der Waals surface area contributed by atoms with Crippen LogP contribution < -0.4 is 14.8 Å². The molecule has 1 N–H and O–H groups in total. The predicted octanol–water partition coefficient (Wildman–Crippen LogP) is 2.40. The summed E-state index contributed by atoms with van der Waals surface area (Å²) >= 11 is 0. The Morgan fingerprint density at radius 3 is 2.67 bits per heavy atom. The molecule has 9 heteroatoms. The lowest BCUT2D eigenvalue weighted by Gasteiger charge is -2.14. The molecule has 30 heavy (non-hydrogen) atoms. The van der Waals surface area contributed by atoms with Gasteiger partial charge in [0.25, 0.3) is 5.91 Å². The van der Waals surface area contributed by atoms with Crippen molar-refractivity contribution < 1.29 is 28.2 Å². The highest BCUT2D eigenvalue weighted by atomic mass is 16.6. The number of amides is 1. The van der Waals surface area contributed by atoms with Gasteiger partial charge in [-0.1, -0.05) is 6.07 Å². The molecule has 0 aliphatic rings. The van der Waals surface area contributed by atoms with Crippen molar-refractivity contribution in [2.24, 2.45) is 0 Å². The third-order valence-corrected chi connectivity index (χ3v) is 4.31. The van der Waals surface area contributed by atoms with Gasteiger partial charge in [0, 0.05) is 18.9 Å². The van der Waals surface area contributed by atoms with E-state index in [1.54, 1.807) is 48.5 Å². The zero-order valence-electron chi connectivity index (χ0n) is 17.0. The molecule has 1 aromatic carbocycles. The summed E-state index contributed by atoms with van der Waals surface area (Å²) in [5, 5.41) is 6.80. The highest BCUT2D eigenvalue weighted by Crippen LogP contribution is 2.27. The Morgan fingerprint density at radius 1 is 1.17 bits per heavy atom. The lowest BCUT2D eigenvalue weighted by molar-refractivity contribution is -0.129. The number of ether oxygens (including phenoxy) is 3. The highest BCUT2D eigenvalue weighted by molar-refractivity contribution is 5.90. The van der Waals surface area contributed by atoms with Crippen molar-refractivity contribution in [2.45, 2.75) is 26.1 Å². The van der Waals surface area contributed by atoms with Gasteiger partial charge in [-0.3, -0.25) is 9.48 Å². The van der Waals surface area contributed by atoms with Gasteiger partial charge < -0.3 is 23.9 Å². The fourth-order valence-electron chi connectivity index (χ4n) is 2.72. The first-order valence-corrected chi connectivity index (χ1v) is 9.26. The summed E-state index contributed by atoms with van der Waals surface area (Å²) in [5.74, 6) is 0.595. The van der Waals surface area contributed by atoms with Crippen LogP contribution in [0.4, 0.5) is 0 Å². The smallest absolute Gasteiger partial charge is 0.375 e. The van der Waals surface area contributed by atoms with Gasteiger partial charge in [0.1, 0.15) is 5.76 Å². The van der Waals surface area contributed by atoms with Crippen LogP contribution >= 0.6 is 0 Å². The standard InChI is InChI=1S/C21H23N3O6/c1-14(20(25)22-12-15-5-7-17(27-2)19(11-15)28-3)29-21(26)18-8-6-16(30-18)13-24-10-4-9-23-24/h4-11,14H,12-13H2,1-3H3,(H,22,25). The molecule has 0 bridgehead atoms. The molecule has 0 spiro atoms. The van der Waals surface area contributed by atoms with Crippen molar-refractivity contribution in [3.63, 3.8) is 0 Å². The van der Waals surface area contributed by atoms with Crippen LogP contribution in [-0.2, 0) is 22.6 Å². The van der Waals surface area contributed by atoms with Crippen LogP contribution in [0, 0.1) is 0 Å². The Kier molecular flexibility index (Phi) is 6.74. The van der Waals surface area contributed by atoms with E-state index in [9.17, 15) is 9.59 Å². The first-order chi connectivity index (χ1) is 14.5. The Balaban J connectivity index is 1.51. The van der Waals surface area contributed by atoms with Gasteiger partial charge in [0.2, 0.25) is 5.76 Å². The van der Waals surface area contributed by atoms with E-state index in [2.05, 4.69) is 10.4 Å². The first kappa shape index (κ1) is 21.0. The van der Waals surface area contributed by atoms with E-state index in [4.69, 9.17) is 18.6 Å². The molecule has 1 atom stereocenters. The summed E-state index contributed by atoms with van der Waals surface area (Å²) in [6.07, 6.45) is 2.45. The summed E-state index contributed by atoms with van der Waals surface area (Å²) in [7, 11) is 3.09. The van der Waals surface area contributed by atoms with E-state index in [0.29, 0.717) is 23.8 Å². The molecule has 0 radical (unpaired) electrons. The fourth-order valence-corrected chi connectivity index (χ4v) is 2.72. The van der Waals surface area contributed by atoms with Crippen molar-refractivity contribution in [3.8, 4) is 11.5 Å². The second kappa shape index (κ2) is 9.64. The van der Waals surface area contributed by atoms with E-state index in [1.165, 1.54) is 20.1 Å². The zero-order valence-corrected chi connectivity index (χ0v) is 17.0. The highest BCUT2D eigenvalue weighted by Gasteiger charge is 2.21. The number of hydrogen-bond donors (Lipinski definition) is 1. The van der Waals surface area contributed by atoms with Crippen LogP contribution in [0.5, 0.6) is 11.5 Å². The van der Waals surface area contributed by atoms with Gasteiger partial charge in [0.15, 0.2) is 17.6 Å². The van der Waals surface area contributed by atoms with Crippen LogP contribution in [0.15, 0.2) is 53.2 Å². The maximum atomic E-state index is 12.3. The number of furan rings is 1. The fraction of sp³-hybridized carbons (Fsp3) is 0.286. The Hall–Kier alpha value is -3.75. The quantitative estimate of drug-likeness (QED) is 0.537. The van der Waals surface area contributed by atoms with Crippen molar-refractivity contribution >= 4 is 11.9 Å². The van der Waals surface area contributed by atoms with E-state index < -0.39 is 18.0 Å². The summed E-state index contributed by atoms with van der Waals surface area (Å²) in [4.78, 5) is 24.5. The number of nitrogens with zero attached hydrogens (tertiary/aromatic N) is 2. The number of carbonyl (C=O) groups excluding carboxylic acids is 2. The number of esters is 1. The summed E-state index contributed by atoms with van der Waals surface area (Å²) in [6, 6.07) is 10.3. The van der Waals surface area contributed by atoms with Crippen LogP contribution in [0.3, 0.4) is 0 Å². The van der Waals surface area contributed by atoms with Gasteiger partial charge in [-0.15, -0.1) is 0 Å². The van der Waals surface area contributed by atoms with Gasteiger partial charge >= 0.3 is 5.97 Å². The summed E-state index contributed by atoms with van der Waals surface area (Å²) in [5.41, 5.74) is 0.814. The second-order valence-corrected chi connectivity index (χ2v) is 6.42. The number of carbonyl (C=O) groups is 2. The maximum Gasteiger partial charge on any atom is 0.375 e. The number of hydrogen-bond acceptors (Lipinski definition) is 7. The third kappa shape index (κ3) is 5.19. The van der Waals surface area contributed by atoms with Crippen LogP contribution in [0.25, 0.3) is 0 Å².